The number of amides is 1. The third-order valence-corrected chi connectivity index (χ3v) is 5.67. The van der Waals surface area contributed by atoms with E-state index in [0.717, 1.165) is 49.1 Å². The summed E-state index contributed by atoms with van der Waals surface area (Å²) in [5, 5.41) is 0. The van der Waals surface area contributed by atoms with Crippen molar-refractivity contribution in [2.45, 2.75) is 63.8 Å². The van der Waals surface area contributed by atoms with E-state index in [4.69, 9.17) is 9.47 Å². The van der Waals surface area contributed by atoms with Crippen molar-refractivity contribution in [3.63, 3.8) is 0 Å². The molecule has 3 heterocycles. The number of hydrogen-bond acceptors (Lipinski definition) is 4. The number of carbonyl (C=O) groups is 1. The molecule has 2 saturated heterocycles. The lowest BCUT2D eigenvalue weighted by molar-refractivity contribution is -0.200. The molecule has 0 unspecified atom stereocenters. The number of hydrogen-bond donors (Lipinski definition) is 0. The predicted molar refractivity (Wildman–Crippen MR) is 98.6 cm³/mol. The van der Waals surface area contributed by atoms with Gasteiger partial charge < -0.3 is 14.4 Å². The Bertz CT molecular complexity index is 694. The minimum Gasteiger partial charge on any atom is -0.372 e. The van der Waals surface area contributed by atoms with Gasteiger partial charge in [-0.25, -0.2) is 0 Å². The SMILES string of the molecule is Cc1cccc(CO[C@H]2CCOC3(C2)CN(C(=O)C2=CCCCC2)C3)n1. The molecular formula is C21H28N2O3. The van der Waals surface area contributed by atoms with E-state index in [0.29, 0.717) is 26.3 Å². The summed E-state index contributed by atoms with van der Waals surface area (Å²) in [7, 11) is 0. The monoisotopic (exact) mass is 356 g/mol. The zero-order valence-corrected chi connectivity index (χ0v) is 15.6. The van der Waals surface area contributed by atoms with E-state index >= 15 is 0 Å². The standard InChI is InChI=1S/C21H28N2O3/c1-16-6-5-9-18(22-16)13-25-19-10-11-26-21(12-19)14-23(15-21)20(24)17-7-3-2-4-8-17/h5-7,9,19H,2-4,8,10-15H2,1H3/t19-/m0/s1. The Labute approximate surface area is 155 Å². The van der Waals surface area contributed by atoms with Gasteiger partial charge in [0.1, 0.15) is 5.60 Å². The number of ether oxygens (including phenoxy) is 2. The normalized spacial score (nSPS) is 24.9. The zero-order chi connectivity index (χ0) is 18.0. The number of rotatable bonds is 4. The van der Waals surface area contributed by atoms with E-state index < -0.39 is 0 Å². The van der Waals surface area contributed by atoms with Crippen molar-refractivity contribution in [3.05, 3.63) is 41.2 Å². The molecule has 1 aromatic heterocycles. The summed E-state index contributed by atoms with van der Waals surface area (Å²) >= 11 is 0. The fourth-order valence-electron chi connectivity index (χ4n) is 4.26. The van der Waals surface area contributed by atoms with Crippen LogP contribution in [0.25, 0.3) is 0 Å². The summed E-state index contributed by atoms with van der Waals surface area (Å²) in [5.41, 5.74) is 2.79. The second kappa shape index (κ2) is 7.49. The molecule has 3 aliphatic rings. The topological polar surface area (TPSA) is 51.7 Å². The zero-order valence-electron chi connectivity index (χ0n) is 15.6. The molecule has 1 atom stereocenters. The number of likely N-dealkylation sites (tertiary alicyclic amines) is 1. The summed E-state index contributed by atoms with van der Waals surface area (Å²) in [5.74, 6) is 0.214. The first-order valence-corrected chi connectivity index (χ1v) is 9.80. The largest absolute Gasteiger partial charge is 0.372 e. The molecule has 0 saturated carbocycles. The van der Waals surface area contributed by atoms with Crippen molar-refractivity contribution in [1.29, 1.82) is 0 Å². The van der Waals surface area contributed by atoms with Crippen molar-refractivity contribution < 1.29 is 14.3 Å². The van der Waals surface area contributed by atoms with Gasteiger partial charge in [0.15, 0.2) is 0 Å². The molecular weight excluding hydrogens is 328 g/mol. The van der Waals surface area contributed by atoms with Gasteiger partial charge in [-0.2, -0.15) is 0 Å². The predicted octanol–water partition coefficient (Wildman–Crippen LogP) is 3.17. The summed E-state index contributed by atoms with van der Waals surface area (Å²) in [4.78, 5) is 19.0. The number of pyridine rings is 1. The number of allylic oxidation sites excluding steroid dienone is 1. The lowest BCUT2D eigenvalue weighted by Crippen LogP contribution is -2.67. The molecule has 1 aliphatic carbocycles. The molecule has 5 heteroatoms. The van der Waals surface area contributed by atoms with Gasteiger partial charge in [-0.3, -0.25) is 9.78 Å². The molecule has 0 aromatic carbocycles. The molecule has 1 amide bonds. The molecule has 0 bridgehead atoms. The van der Waals surface area contributed by atoms with E-state index in [9.17, 15) is 4.79 Å². The Morgan fingerprint density at radius 2 is 2.27 bits per heavy atom. The Balaban J connectivity index is 1.29. The number of nitrogens with zero attached hydrogens (tertiary/aromatic N) is 2. The molecule has 2 aliphatic heterocycles. The summed E-state index contributed by atoms with van der Waals surface area (Å²) < 4.78 is 12.2. The Morgan fingerprint density at radius 3 is 3.04 bits per heavy atom. The maximum absolute atomic E-state index is 12.6. The van der Waals surface area contributed by atoms with Crippen LogP contribution in [0.2, 0.25) is 0 Å². The third-order valence-electron chi connectivity index (χ3n) is 5.67. The van der Waals surface area contributed by atoms with Crippen LogP contribution in [0.15, 0.2) is 29.8 Å². The fourth-order valence-corrected chi connectivity index (χ4v) is 4.26. The highest BCUT2D eigenvalue weighted by atomic mass is 16.5. The van der Waals surface area contributed by atoms with E-state index in [1.54, 1.807) is 0 Å². The third kappa shape index (κ3) is 3.84. The van der Waals surface area contributed by atoms with Crippen molar-refractivity contribution in [1.82, 2.24) is 9.88 Å². The summed E-state index contributed by atoms with van der Waals surface area (Å²) in [6, 6.07) is 6.01. The van der Waals surface area contributed by atoms with Gasteiger partial charge in [-0.1, -0.05) is 12.1 Å². The van der Waals surface area contributed by atoms with Gasteiger partial charge in [0.05, 0.1) is 31.5 Å². The van der Waals surface area contributed by atoms with Gasteiger partial charge in [-0.05, 0) is 51.2 Å². The smallest absolute Gasteiger partial charge is 0.249 e. The van der Waals surface area contributed by atoms with Gasteiger partial charge >= 0.3 is 0 Å². The molecule has 2 fully saturated rings. The van der Waals surface area contributed by atoms with Crippen LogP contribution >= 0.6 is 0 Å². The van der Waals surface area contributed by atoms with Crippen molar-refractivity contribution in [2.24, 2.45) is 0 Å². The molecule has 140 valence electrons. The average Bonchev–Trinajstić information content (AvgIpc) is 2.65. The van der Waals surface area contributed by atoms with Crippen molar-refractivity contribution in [2.75, 3.05) is 19.7 Å². The minimum atomic E-state index is -0.201. The van der Waals surface area contributed by atoms with Gasteiger partial charge in [0.25, 0.3) is 0 Å². The molecule has 1 aromatic rings. The second-order valence-electron chi connectivity index (χ2n) is 7.86. The van der Waals surface area contributed by atoms with Crippen LogP contribution in [-0.4, -0.2) is 47.2 Å². The maximum atomic E-state index is 12.6. The van der Waals surface area contributed by atoms with Crippen LogP contribution in [0.3, 0.4) is 0 Å². The van der Waals surface area contributed by atoms with Crippen LogP contribution in [0, 0.1) is 6.92 Å². The van der Waals surface area contributed by atoms with E-state index in [1.165, 1.54) is 6.42 Å². The average molecular weight is 356 g/mol. The Hall–Kier alpha value is -1.72. The molecule has 1 spiro atoms. The first-order valence-electron chi connectivity index (χ1n) is 9.80. The summed E-state index contributed by atoms with van der Waals surface area (Å²) in [6.45, 7) is 4.64. The maximum Gasteiger partial charge on any atom is 0.249 e. The number of aryl methyl sites for hydroxylation is 1. The molecule has 0 N–H and O–H groups in total. The van der Waals surface area contributed by atoms with Gasteiger partial charge in [-0.15, -0.1) is 0 Å². The Kier molecular flexibility index (Phi) is 5.09. The van der Waals surface area contributed by atoms with Gasteiger partial charge in [0.2, 0.25) is 5.91 Å². The summed E-state index contributed by atoms with van der Waals surface area (Å²) in [6.07, 6.45) is 8.39. The van der Waals surface area contributed by atoms with Crippen molar-refractivity contribution >= 4 is 5.91 Å². The van der Waals surface area contributed by atoms with Crippen LogP contribution < -0.4 is 0 Å². The fraction of sp³-hybridized carbons (Fsp3) is 0.619. The second-order valence-corrected chi connectivity index (χ2v) is 7.86. The highest BCUT2D eigenvalue weighted by molar-refractivity contribution is 5.94. The number of carbonyl (C=O) groups excluding carboxylic acids is 1. The highest BCUT2D eigenvalue weighted by Crippen LogP contribution is 2.37. The highest BCUT2D eigenvalue weighted by Gasteiger charge is 2.49. The molecule has 5 nitrogen and oxygen atoms in total. The van der Waals surface area contributed by atoms with E-state index in [-0.39, 0.29) is 17.6 Å². The minimum absolute atomic E-state index is 0.178. The molecule has 4 rings (SSSR count). The lowest BCUT2D eigenvalue weighted by Gasteiger charge is -2.53. The molecule has 26 heavy (non-hydrogen) atoms. The quantitative estimate of drug-likeness (QED) is 0.831. The van der Waals surface area contributed by atoms with Crippen molar-refractivity contribution in [3.8, 4) is 0 Å². The van der Waals surface area contributed by atoms with Crippen LogP contribution in [0.5, 0.6) is 0 Å². The van der Waals surface area contributed by atoms with E-state index in [1.807, 2.05) is 30.0 Å². The first-order chi connectivity index (χ1) is 12.6. The number of aromatic nitrogens is 1. The van der Waals surface area contributed by atoms with Crippen LogP contribution in [-0.2, 0) is 20.9 Å². The lowest BCUT2D eigenvalue weighted by atomic mass is 9.83. The first kappa shape index (κ1) is 17.7. The molecule has 0 radical (unpaired) electrons. The van der Waals surface area contributed by atoms with Crippen LogP contribution in [0.1, 0.15) is 49.9 Å². The van der Waals surface area contributed by atoms with Gasteiger partial charge in [0, 0.05) is 24.3 Å². The van der Waals surface area contributed by atoms with Crippen LogP contribution in [0.4, 0.5) is 0 Å². The van der Waals surface area contributed by atoms with E-state index in [2.05, 4.69) is 11.1 Å². The Morgan fingerprint density at radius 1 is 1.38 bits per heavy atom.